The lowest BCUT2D eigenvalue weighted by atomic mass is 9.90. The van der Waals surface area contributed by atoms with Crippen LogP contribution in [0.4, 0.5) is 8.78 Å². The maximum absolute atomic E-state index is 13.5. The molecular weight excluding hydrogens is 488 g/mol. The van der Waals surface area contributed by atoms with Crippen LogP contribution in [0.1, 0.15) is 54.1 Å². The minimum absolute atomic E-state index is 0.0140. The maximum atomic E-state index is 13.5. The number of carbonyl (C=O) groups excluding carboxylic acids is 3. The van der Waals surface area contributed by atoms with Crippen molar-refractivity contribution in [2.75, 3.05) is 19.6 Å². The van der Waals surface area contributed by atoms with Gasteiger partial charge in [-0.2, -0.15) is 0 Å². The molecular formula is C30H35F2N3O3. The summed E-state index contributed by atoms with van der Waals surface area (Å²) in [6.45, 7) is 2.56. The third-order valence-electron chi connectivity index (χ3n) is 8.40. The third kappa shape index (κ3) is 6.12. The van der Waals surface area contributed by atoms with Gasteiger partial charge < -0.3 is 10.6 Å². The van der Waals surface area contributed by atoms with E-state index >= 15 is 0 Å². The summed E-state index contributed by atoms with van der Waals surface area (Å²) >= 11 is 0. The third-order valence-corrected chi connectivity index (χ3v) is 8.40. The van der Waals surface area contributed by atoms with Crippen LogP contribution in [0.2, 0.25) is 0 Å². The first-order chi connectivity index (χ1) is 18.2. The number of hydrogen-bond donors (Lipinski definition) is 2. The molecule has 38 heavy (non-hydrogen) atoms. The molecule has 2 aromatic rings. The molecule has 6 nitrogen and oxygen atoms in total. The van der Waals surface area contributed by atoms with Crippen molar-refractivity contribution in [1.82, 2.24) is 15.5 Å². The summed E-state index contributed by atoms with van der Waals surface area (Å²) in [6.07, 6.45) is 4.01. The molecule has 1 aliphatic heterocycles. The normalized spacial score (nSPS) is 26.9. The molecule has 2 aromatic carbocycles. The number of Topliss-reactive ketones (excluding diaryl/α,β-unsaturated/α-hetero) is 1. The second-order valence-corrected chi connectivity index (χ2v) is 11.2. The van der Waals surface area contributed by atoms with Gasteiger partial charge in [-0.15, -0.1) is 0 Å². The molecule has 1 unspecified atom stereocenters. The zero-order valence-corrected chi connectivity index (χ0v) is 21.7. The number of amides is 2. The van der Waals surface area contributed by atoms with Crippen molar-refractivity contribution in [1.29, 1.82) is 0 Å². The number of benzene rings is 2. The van der Waals surface area contributed by atoms with Crippen LogP contribution in [-0.4, -0.2) is 54.2 Å². The van der Waals surface area contributed by atoms with Gasteiger partial charge in [-0.3, -0.25) is 19.3 Å². The molecule has 1 saturated heterocycles. The average molecular weight is 524 g/mol. The summed E-state index contributed by atoms with van der Waals surface area (Å²) in [5, 5.41) is 5.94. The van der Waals surface area contributed by atoms with Crippen LogP contribution in [0, 0.1) is 17.8 Å². The van der Waals surface area contributed by atoms with Crippen molar-refractivity contribution in [2.24, 2.45) is 17.8 Å². The Kier molecular flexibility index (Phi) is 7.61. The van der Waals surface area contributed by atoms with E-state index in [-0.39, 0.29) is 48.1 Å². The molecule has 0 aromatic heterocycles. The minimum Gasteiger partial charge on any atom is -0.349 e. The molecule has 8 heteroatoms. The minimum atomic E-state index is -2.96. The lowest BCUT2D eigenvalue weighted by Crippen LogP contribution is -2.44. The fourth-order valence-corrected chi connectivity index (χ4v) is 6.24. The van der Waals surface area contributed by atoms with Crippen molar-refractivity contribution in [3.63, 3.8) is 0 Å². The van der Waals surface area contributed by atoms with Crippen LogP contribution < -0.4 is 10.6 Å². The summed E-state index contributed by atoms with van der Waals surface area (Å²) < 4.78 is 27.1. The Morgan fingerprint density at radius 2 is 1.63 bits per heavy atom. The summed E-state index contributed by atoms with van der Waals surface area (Å²) in [4.78, 5) is 40.0. The van der Waals surface area contributed by atoms with Crippen LogP contribution in [0.15, 0.2) is 54.6 Å². The van der Waals surface area contributed by atoms with Crippen LogP contribution in [0.5, 0.6) is 0 Å². The Labute approximate surface area is 222 Å². The van der Waals surface area contributed by atoms with E-state index in [9.17, 15) is 23.2 Å². The lowest BCUT2D eigenvalue weighted by molar-refractivity contribution is -0.126. The Morgan fingerprint density at radius 3 is 2.29 bits per heavy atom. The topological polar surface area (TPSA) is 78.5 Å². The fourth-order valence-electron chi connectivity index (χ4n) is 6.24. The molecule has 202 valence electrons. The maximum Gasteiger partial charge on any atom is 0.270 e. The molecule has 2 saturated carbocycles. The second kappa shape index (κ2) is 10.9. The Hall–Kier alpha value is -3.13. The predicted octanol–water partition coefficient (Wildman–Crippen LogP) is 3.95. The molecule has 0 bridgehead atoms. The van der Waals surface area contributed by atoms with Crippen molar-refractivity contribution in [2.45, 2.75) is 57.0 Å². The van der Waals surface area contributed by atoms with E-state index in [1.165, 1.54) is 18.2 Å². The number of rotatable bonds is 9. The number of ketones is 1. The molecule has 2 N–H and O–H groups in total. The van der Waals surface area contributed by atoms with Gasteiger partial charge >= 0.3 is 0 Å². The first-order valence-electron chi connectivity index (χ1n) is 13.6. The van der Waals surface area contributed by atoms with Crippen molar-refractivity contribution >= 4 is 17.6 Å². The molecule has 2 aliphatic carbocycles. The van der Waals surface area contributed by atoms with Gasteiger partial charge in [0.1, 0.15) is 0 Å². The van der Waals surface area contributed by atoms with E-state index in [1.807, 2.05) is 30.3 Å². The number of piperidine rings is 1. The zero-order chi connectivity index (χ0) is 26.9. The molecule has 3 fully saturated rings. The molecule has 0 spiro atoms. The van der Waals surface area contributed by atoms with Gasteiger partial charge in [0.05, 0.1) is 6.54 Å². The van der Waals surface area contributed by atoms with Gasteiger partial charge in [-0.05, 0) is 61.3 Å². The van der Waals surface area contributed by atoms with Crippen molar-refractivity contribution < 1.29 is 23.2 Å². The monoisotopic (exact) mass is 523 g/mol. The Morgan fingerprint density at radius 1 is 0.947 bits per heavy atom. The molecule has 3 aliphatic rings. The highest BCUT2D eigenvalue weighted by atomic mass is 19.3. The average Bonchev–Trinajstić information content (AvgIpc) is 3.41. The van der Waals surface area contributed by atoms with Crippen LogP contribution in [0.3, 0.4) is 0 Å². The quantitative estimate of drug-likeness (QED) is 0.522. The fraction of sp³-hybridized carbons (Fsp3) is 0.500. The van der Waals surface area contributed by atoms with E-state index < -0.39 is 5.92 Å². The van der Waals surface area contributed by atoms with Gasteiger partial charge in [0.25, 0.3) is 11.8 Å². The first-order valence-corrected chi connectivity index (χ1v) is 13.6. The largest absolute Gasteiger partial charge is 0.349 e. The molecule has 0 radical (unpaired) electrons. The zero-order valence-electron chi connectivity index (χ0n) is 21.7. The first kappa shape index (κ1) is 26.5. The summed E-state index contributed by atoms with van der Waals surface area (Å²) in [5.41, 5.74) is 1.10. The van der Waals surface area contributed by atoms with E-state index in [1.54, 1.807) is 6.07 Å². The number of halogens is 2. The number of alkyl halides is 2. The van der Waals surface area contributed by atoms with Gasteiger partial charge in [-0.25, -0.2) is 8.78 Å². The van der Waals surface area contributed by atoms with Crippen LogP contribution in [-0.2, 0) is 21.9 Å². The SMILES string of the molecule is CC(F)(F)c1cccc(CC(=O)CNC(=O)C2[C@H]3CN(C4CCC(NC(=O)c5ccccc5)CC4)C[C@@H]23)c1. The molecule has 3 atom stereocenters. The highest BCUT2D eigenvalue weighted by molar-refractivity contribution is 5.94. The van der Waals surface area contributed by atoms with E-state index in [2.05, 4.69) is 15.5 Å². The van der Waals surface area contributed by atoms with Gasteiger partial charge in [-0.1, -0.05) is 36.4 Å². The van der Waals surface area contributed by atoms with Crippen molar-refractivity contribution in [3.05, 3.63) is 71.3 Å². The molecule has 1 heterocycles. The standard InChI is InChI=1S/C30H35F2N3O3/c1-30(31,32)21-9-5-6-19(14-21)15-24(36)16-33-29(38)27-25-17-35(18-26(25)27)23-12-10-22(11-13-23)34-28(37)20-7-3-2-4-8-20/h2-9,14,22-23,25-27H,10-13,15-18H2,1H3,(H,33,38)(H,34,37)/t22?,23?,25-,26+,27?. The van der Waals surface area contributed by atoms with Crippen LogP contribution in [0.25, 0.3) is 0 Å². The smallest absolute Gasteiger partial charge is 0.270 e. The number of nitrogens with one attached hydrogen (secondary N) is 2. The highest BCUT2D eigenvalue weighted by Crippen LogP contribution is 2.52. The van der Waals surface area contributed by atoms with Gasteiger partial charge in [0.2, 0.25) is 5.91 Å². The van der Waals surface area contributed by atoms with Crippen molar-refractivity contribution in [3.8, 4) is 0 Å². The van der Waals surface area contributed by atoms with E-state index in [4.69, 9.17) is 0 Å². The van der Waals surface area contributed by atoms with E-state index in [0.29, 0.717) is 29.0 Å². The summed E-state index contributed by atoms with van der Waals surface area (Å²) in [6, 6.07) is 15.9. The lowest BCUT2D eigenvalue weighted by Gasteiger charge is -2.36. The second-order valence-electron chi connectivity index (χ2n) is 11.2. The number of fused-ring (bicyclic) bond motifs is 1. The number of likely N-dealkylation sites (tertiary alicyclic amines) is 1. The number of carbonyl (C=O) groups is 3. The van der Waals surface area contributed by atoms with E-state index in [0.717, 1.165) is 45.7 Å². The van der Waals surface area contributed by atoms with Gasteiger partial charge in [0.15, 0.2) is 5.78 Å². The predicted molar refractivity (Wildman–Crippen MR) is 140 cm³/mol. The highest BCUT2D eigenvalue weighted by Gasteiger charge is 2.60. The number of hydrogen-bond acceptors (Lipinski definition) is 4. The number of nitrogens with zero attached hydrogens (tertiary/aromatic N) is 1. The Balaban J connectivity index is 1.01. The van der Waals surface area contributed by atoms with Crippen LogP contribution >= 0.6 is 0 Å². The molecule has 5 rings (SSSR count). The Bertz CT molecular complexity index is 1160. The summed E-state index contributed by atoms with van der Waals surface area (Å²) in [5.74, 6) is -2.61. The molecule has 2 amide bonds. The summed E-state index contributed by atoms with van der Waals surface area (Å²) in [7, 11) is 0. The van der Waals surface area contributed by atoms with Gasteiger partial charge in [0, 0.05) is 55.6 Å².